The Morgan fingerprint density at radius 3 is 2.41 bits per heavy atom. The normalized spacial score (nSPS) is 18.5. The highest BCUT2D eigenvalue weighted by Crippen LogP contribution is 2.25. The second kappa shape index (κ2) is 11.1. The lowest BCUT2D eigenvalue weighted by Crippen LogP contribution is -2.50. The molecule has 2 aromatic rings. The van der Waals surface area contributed by atoms with E-state index in [1.165, 1.54) is 9.80 Å². The van der Waals surface area contributed by atoms with E-state index in [4.69, 9.17) is 0 Å². The Labute approximate surface area is 199 Å². The summed E-state index contributed by atoms with van der Waals surface area (Å²) in [4.78, 5) is 44.8. The van der Waals surface area contributed by atoms with Crippen LogP contribution in [0.4, 0.5) is 9.18 Å². The molecule has 0 aliphatic carbocycles. The number of rotatable bonds is 7. The topological polar surface area (TPSA) is 94.6 Å². The summed E-state index contributed by atoms with van der Waals surface area (Å²) in [5, 5.41) is 5.44. The Kier molecular flexibility index (Phi) is 8.20. The van der Waals surface area contributed by atoms with E-state index in [1.807, 2.05) is 42.5 Å². The van der Waals surface area contributed by atoms with Gasteiger partial charge in [0.15, 0.2) is 0 Å². The van der Waals surface area contributed by atoms with Crippen LogP contribution in [0, 0.1) is 0 Å². The molecule has 1 saturated heterocycles. The summed E-state index contributed by atoms with van der Waals surface area (Å²) in [6.07, 6.45) is 0.377. The fourth-order valence-corrected chi connectivity index (χ4v) is 3.86. The maximum absolute atomic E-state index is 14.3. The molecule has 2 N–H and O–H groups in total. The van der Waals surface area contributed by atoms with Crippen molar-refractivity contribution in [3.8, 4) is 0 Å². The Hall–Kier alpha value is -3.49. The molecule has 1 aromatic heterocycles. The third-order valence-electron chi connectivity index (χ3n) is 5.86. The van der Waals surface area contributed by atoms with Crippen molar-refractivity contribution < 1.29 is 18.8 Å². The monoisotopic (exact) mass is 469 g/mol. The molecule has 1 aromatic carbocycles. The average Bonchev–Trinajstić information content (AvgIpc) is 3.23. The Morgan fingerprint density at radius 2 is 1.82 bits per heavy atom. The quantitative estimate of drug-likeness (QED) is 0.652. The number of likely N-dealkylation sites (tertiary alicyclic amines) is 1. The first-order chi connectivity index (χ1) is 16.2. The summed E-state index contributed by atoms with van der Waals surface area (Å²) >= 11 is 0. The molecule has 8 nitrogen and oxygen atoms in total. The number of pyridine rings is 1. The molecule has 9 heteroatoms. The number of hydrogen-bond donors (Lipinski definition) is 2. The molecule has 3 unspecified atom stereocenters. The number of aromatic nitrogens is 1. The maximum Gasteiger partial charge on any atom is 0.317 e. The molecule has 0 spiro atoms. The summed E-state index contributed by atoms with van der Waals surface area (Å²) in [5.74, 6) is -0.652. The van der Waals surface area contributed by atoms with Gasteiger partial charge in [-0.2, -0.15) is 0 Å². The molecule has 3 rings (SSSR count). The molecule has 0 radical (unpaired) electrons. The maximum atomic E-state index is 14.3. The van der Waals surface area contributed by atoms with E-state index in [2.05, 4.69) is 29.5 Å². The second-order valence-corrected chi connectivity index (χ2v) is 8.97. The zero-order valence-corrected chi connectivity index (χ0v) is 20.0. The Morgan fingerprint density at radius 1 is 1.12 bits per heavy atom. The highest BCUT2D eigenvalue weighted by atomic mass is 19.1. The van der Waals surface area contributed by atoms with Gasteiger partial charge in [-0.15, -0.1) is 0 Å². The standard InChI is InChI=1S/C25H32FN5O3/c1-16(2)18-10-11-20(27-13-18)23(17-8-6-5-7-9-17)29-24(33)21-12-19(26)15-31(21)22(32)14-28-25(34)30(3)4/h5-11,13,16,19,21,23H,12,14-15H2,1-4H3,(H,28,34)(H,29,33). The third kappa shape index (κ3) is 6.09. The molecule has 34 heavy (non-hydrogen) atoms. The summed E-state index contributed by atoms with van der Waals surface area (Å²) in [7, 11) is 3.10. The van der Waals surface area contributed by atoms with Gasteiger partial charge in [0.05, 0.1) is 24.8 Å². The van der Waals surface area contributed by atoms with Gasteiger partial charge in [-0.25, -0.2) is 9.18 Å². The number of carbonyl (C=O) groups is 3. The minimum absolute atomic E-state index is 0.0968. The lowest BCUT2D eigenvalue weighted by molar-refractivity contribution is -0.137. The lowest BCUT2D eigenvalue weighted by Gasteiger charge is -2.27. The van der Waals surface area contributed by atoms with Gasteiger partial charge in [0.25, 0.3) is 0 Å². The highest BCUT2D eigenvalue weighted by molar-refractivity contribution is 5.91. The van der Waals surface area contributed by atoms with Gasteiger partial charge in [-0.05, 0) is 23.1 Å². The van der Waals surface area contributed by atoms with E-state index < -0.39 is 36.1 Å². The van der Waals surface area contributed by atoms with E-state index in [0.717, 1.165) is 11.1 Å². The summed E-state index contributed by atoms with van der Waals surface area (Å²) in [6, 6.07) is 11.3. The van der Waals surface area contributed by atoms with Crippen LogP contribution >= 0.6 is 0 Å². The van der Waals surface area contributed by atoms with Gasteiger partial charge in [0, 0.05) is 26.7 Å². The predicted molar refractivity (Wildman–Crippen MR) is 127 cm³/mol. The number of amides is 4. The van der Waals surface area contributed by atoms with E-state index in [1.54, 1.807) is 20.3 Å². The van der Waals surface area contributed by atoms with Crippen molar-refractivity contribution in [3.05, 3.63) is 65.5 Å². The Bertz CT molecular complexity index is 997. The van der Waals surface area contributed by atoms with Crippen molar-refractivity contribution in [1.82, 2.24) is 25.4 Å². The minimum Gasteiger partial charge on any atom is -0.342 e. The van der Waals surface area contributed by atoms with Crippen LogP contribution in [-0.2, 0) is 9.59 Å². The Balaban J connectivity index is 1.79. The van der Waals surface area contributed by atoms with E-state index >= 15 is 0 Å². The largest absolute Gasteiger partial charge is 0.342 e. The van der Waals surface area contributed by atoms with Crippen LogP contribution in [-0.4, -0.2) is 72.0 Å². The molecule has 0 saturated carbocycles. The molecule has 2 heterocycles. The summed E-state index contributed by atoms with van der Waals surface area (Å²) < 4.78 is 14.3. The van der Waals surface area contributed by atoms with Gasteiger partial charge >= 0.3 is 6.03 Å². The van der Waals surface area contributed by atoms with Crippen LogP contribution in [0.2, 0.25) is 0 Å². The van der Waals surface area contributed by atoms with Crippen LogP contribution in [0.5, 0.6) is 0 Å². The summed E-state index contributed by atoms with van der Waals surface area (Å²) in [5.41, 5.74) is 2.55. The smallest absolute Gasteiger partial charge is 0.317 e. The molecule has 0 bridgehead atoms. The second-order valence-electron chi connectivity index (χ2n) is 8.97. The number of nitrogens with zero attached hydrogens (tertiary/aromatic N) is 3. The fraction of sp³-hybridized carbons (Fsp3) is 0.440. The number of hydrogen-bond acceptors (Lipinski definition) is 4. The molecule has 3 atom stereocenters. The number of nitrogens with one attached hydrogen (secondary N) is 2. The first-order valence-corrected chi connectivity index (χ1v) is 11.4. The summed E-state index contributed by atoms with van der Waals surface area (Å²) in [6.45, 7) is 3.65. The van der Waals surface area contributed by atoms with E-state index in [-0.39, 0.29) is 19.5 Å². The molecule has 1 aliphatic rings. The van der Waals surface area contributed by atoms with Gasteiger partial charge in [0.2, 0.25) is 11.8 Å². The first kappa shape index (κ1) is 25.1. The molecular weight excluding hydrogens is 437 g/mol. The van der Waals surface area contributed by atoms with Gasteiger partial charge < -0.3 is 20.4 Å². The fourth-order valence-electron chi connectivity index (χ4n) is 3.86. The molecule has 182 valence electrons. The first-order valence-electron chi connectivity index (χ1n) is 11.4. The molecular formula is C25H32FN5O3. The number of alkyl halides is 1. The third-order valence-corrected chi connectivity index (χ3v) is 5.86. The molecule has 1 aliphatic heterocycles. The SMILES string of the molecule is CC(C)c1ccc(C(NC(=O)C2CC(F)CN2C(=O)CNC(=O)N(C)C)c2ccccc2)nc1. The lowest BCUT2D eigenvalue weighted by atomic mass is 10.00. The van der Waals surface area contributed by atoms with Crippen LogP contribution < -0.4 is 10.6 Å². The van der Waals surface area contributed by atoms with Gasteiger partial charge in [-0.1, -0.05) is 50.2 Å². The number of urea groups is 1. The van der Waals surface area contributed by atoms with Crippen molar-refractivity contribution in [2.24, 2.45) is 0 Å². The van der Waals surface area contributed by atoms with E-state index in [9.17, 15) is 18.8 Å². The van der Waals surface area contributed by atoms with Crippen molar-refractivity contribution in [2.75, 3.05) is 27.2 Å². The van der Waals surface area contributed by atoms with Gasteiger partial charge in [-0.3, -0.25) is 14.6 Å². The zero-order valence-electron chi connectivity index (χ0n) is 20.0. The average molecular weight is 470 g/mol. The van der Waals surface area contributed by atoms with Crippen LogP contribution in [0.15, 0.2) is 48.7 Å². The number of carbonyl (C=O) groups excluding carboxylic acids is 3. The van der Waals surface area contributed by atoms with Crippen LogP contribution in [0.3, 0.4) is 0 Å². The minimum atomic E-state index is -1.32. The number of benzene rings is 1. The predicted octanol–water partition coefficient (Wildman–Crippen LogP) is 2.62. The van der Waals surface area contributed by atoms with E-state index in [0.29, 0.717) is 11.6 Å². The van der Waals surface area contributed by atoms with Crippen molar-refractivity contribution in [3.63, 3.8) is 0 Å². The van der Waals surface area contributed by atoms with Crippen molar-refractivity contribution in [2.45, 2.75) is 44.4 Å². The van der Waals surface area contributed by atoms with Crippen LogP contribution in [0.25, 0.3) is 0 Å². The van der Waals surface area contributed by atoms with Crippen LogP contribution in [0.1, 0.15) is 49.0 Å². The van der Waals surface area contributed by atoms with Crippen molar-refractivity contribution >= 4 is 17.8 Å². The number of halogens is 1. The molecule has 4 amide bonds. The molecule has 1 fully saturated rings. The van der Waals surface area contributed by atoms with Crippen molar-refractivity contribution in [1.29, 1.82) is 0 Å². The zero-order chi connectivity index (χ0) is 24.8. The van der Waals surface area contributed by atoms with Gasteiger partial charge in [0.1, 0.15) is 12.2 Å². The highest BCUT2D eigenvalue weighted by Gasteiger charge is 2.40.